The van der Waals surface area contributed by atoms with E-state index in [4.69, 9.17) is 0 Å². The Kier molecular flexibility index (Phi) is 4.22. The molecule has 2 aromatic carbocycles. The Balaban J connectivity index is 2.06. The molecule has 0 unspecified atom stereocenters. The van der Waals surface area contributed by atoms with Crippen LogP contribution in [0.15, 0.2) is 52.4 Å². The summed E-state index contributed by atoms with van der Waals surface area (Å²) in [5.41, 5.74) is 0.836. The Morgan fingerprint density at radius 3 is 2.54 bits per heavy atom. The van der Waals surface area contributed by atoms with Gasteiger partial charge in [0.15, 0.2) is 0 Å². The molecule has 0 bridgehead atoms. The van der Waals surface area contributed by atoms with Crippen LogP contribution in [0.5, 0.6) is 0 Å². The largest absolute Gasteiger partial charge is 0.335 e. The molecule has 8 heteroatoms. The summed E-state index contributed by atoms with van der Waals surface area (Å²) in [4.78, 5) is 24.0. The van der Waals surface area contributed by atoms with Gasteiger partial charge >= 0.3 is 0 Å². The smallest absolute Gasteiger partial charge is 0.283 e. The molecule has 1 heterocycles. The summed E-state index contributed by atoms with van der Waals surface area (Å²) in [5, 5.41) is 23.0. The van der Waals surface area contributed by atoms with Crippen LogP contribution < -0.4 is 4.90 Å². The average Bonchev–Trinajstić information content (AvgIpc) is 2.91. The standard InChI is InChI=1S/C16H13N3O4S/c1-2-17-13-5-3-4-6-15(13)24-16(17)9-11-7-8-12(18(20)21)10-14(11)19(22)23/h3-10H,2H2,1H3/b16-9-. The van der Waals surface area contributed by atoms with Crippen LogP contribution in [-0.4, -0.2) is 16.4 Å². The first-order valence-electron chi connectivity index (χ1n) is 7.20. The molecule has 0 saturated carbocycles. The zero-order valence-electron chi connectivity index (χ0n) is 12.7. The van der Waals surface area contributed by atoms with Crippen molar-refractivity contribution in [2.24, 2.45) is 0 Å². The van der Waals surface area contributed by atoms with Crippen LogP contribution in [0.4, 0.5) is 17.1 Å². The predicted octanol–water partition coefficient (Wildman–Crippen LogP) is 4.43. The van der Waals surface area contributed by atoms with Gasteiger partial charge in [0.1, 0.15) is 0 Å². The van der Waals surface area contributed by atoms with E-state index in [9.17, 15) is 20.2 Å². The molecule has 0 spiro atoms. The summed E-state index contributed by atoms with van der Waals surface area (Å²) in [6, 6.07) is 11.6. The van der Waals surface area contributed by atoms with E-state index in [1.165, 1.54) is 23.9 Å². The van der Waals surface area contributed by atoms with Crippen LogP contribution in [0.25, 0.3) is 6.08 Å². The Labute approximate surface area is 141 Å². The lowest BCUT2D eigenvalue weighted by Gasteiger charge is -2.17. The van der Waals surface area contributed by atoms with Gasteiger partial charge in [0.2, 0.25) is 0 Å². The second-order valence-electron chi connectivity index (χ2n) is 5.05. The van der Waals surface area contributed by atoms with Crippen molar-refractivity contribution in [2.45, 2.75) is 11.8 Å². The van der Waals surface area contributed by atoms with Crippen molar-refractivity contribution in [1.82, 2.24) is 0 Å². The van der Waals surface area contributed by atoms with Gasteiger partial charge in [0.25, 0.3) is 11.4 Å². The fourth-order valence-corrected chi connectivity index (χ4v) is 3.72. The lowest BCUT2D eigenvalue weighted by atomic mass is 10.1. The van der Waals surface area contributed by atoms with Crippen molar-refractivity contribution in [3.05, 3.63) is 73.3 Å². The first kappa shape index (κ1) is 16.0. The van der Waals surface area contributed by atoms with Crippen molar-refractivity contribution in [1.29, 1.82) is 0 Å². The molecular weight excluding hydrogens is 330 g/mol. The maximum absolute atomic E-state index is 11.3. The van der Waals surface area contributed by atoms with E-state index < -0.39 is 9.85 Å². The first-order valence-corrected chi connectivity index (χ1v) is 8.02. The number of thioether (sulfide) groups is 1. The highest BCUT2D eigenvalue weighted by atomic mass is 32.2. The van der Waals surface area contributed by atoms with E-state index >= 15 is 0 Å². The lowest BCUT2D eigenvalue weighted by molar-refractivity contribution is -0.394. The van der Waals surface area contributed by atoms with Gasteiger partial charge in [-0.1, -0.05) is 23.9 Å². The summed E-state index contributed by atoms with van der Waals surface area (Å²) in [6.07, 6.45) is 1.70. The number of fused-ring (bicyclic) bond motifs is 1. The number of rotatable bonds is 4. The van der Waals surface area contributed by atoms with E-state index in [-0.39, 0.29) is 11.4 Å². The Bertz CT molecular complexity index is 866. The van der Waals surface area contributed by atoms with Crippen LogP contribution in [-0.2, 0) is 0 Å². The molecule has 0 saturated heterocycles. The number of nitro benzene ring substituents is 2. The van der Waals surface area contributed by atoms with Gasteiger partial charge in [0, 0.05) is 17.5 Å². The van der Waals surface area contributed by atoms with Crippen molar-refractivity contribution >= 4 is 34.9 Å². The molecule has 0 radical (unpaired) electrons. The van der Waals surface area contributed by atoms with Gasteiger partial charge in [-0.05, 0) is 31.2 Å². The van der Waals surface area contributed by atoms with E-state index in [0.717, 1.165) is 28.2 Å². The topological polar surface area (TPSA) is 89.5 Å². The second-order valence-corrected chi connectivity index (χ2v) is 6.12. The normalized spacial score (nSPS) is 14.7. The third-order valence-electron chi connectivity index (χ3n) is 3.65. The van der Waals surface area contributed by atoms with E-state index in [2.05, 4.69) is 4.90 Å². The van der Waals surface area contributed by atoms with E-state index in [0.29, 0.717) is 5.56 Å². The molecule has 0 aromatic heterocycles. The van der Waals surface area contributed by atoms with Gasteiger partial charge in [0.05, 0.1) is 32.2 Å². The van der Waals surface area contributed by atoms with Crippen molar-refractivity contribution in [2.75, 3.05) is 11.4 Å². The highest BCUT2D eigenvalue weighted by molar-refractivity contribution is 8.03. The number of anilines is 1. The van der Waals surface area contributed by atoms with Crippen LogP contribution >= 0.6 is 11.8 Å². The van der Waals surface area contributed by atoms with E-state index in [1.54, 1.807) is 6.08 Å². The SMILES string of the molecule is CCN1/C(=C/c2ccc([N+](=O)[O-])cc2[N+](=O)[O-])Sc2ccccc21. The number of benzene rings is 2. The highest BCUT2D eigenvalue weighted by Crippen LogP contribution is 2.46. The third-order valence-corrected chi connectivity index (χ3v) is 4.77. The summed E-state index contributed by atoms with van der Waals surface area (Å²) in [6.45, 7) is 2.72. The van der Waals surface area contributed by atoms with E-state index in [1.807, 2.05) is 31.2 Å². The predicted molar refractivity (Wildman–Crippen MR) is 93.0 cm³/mol. The summed E-state index contributed by atoms with van der Waals surface area (Å²) < 4.78 is 0. The molecule has 0 aliphatic carbocycles. The average molecular weight is 343 g/mol. The number of nitrogens with zero attached hydrogens (tertiary/aromatic N) is 3. The molecule has 0 amide bonds. The molecule has 1 aliphatic heterocycles. The van der Waals surface area contributed by atoms with Crippen LogP contribution in [0, 0.1) is 20.2 Å². The maximum atomic E-state index is 11.3. The minimum atomic E-state index is -0.636. The highest BCUT2D eigenvalue weighted by Gasteiger charge is 2.25. The van der Waals surface area contributed by atoms with Gasteiger partial charge in [-0.15, -0.1) is 0 Å². The molecule has 24 heavy (non-hydrogen) atoms. The minimum absolute atomic E-state index is 0.274. The third kappa shape index (κ3) is 2.83. The summed E-state index contributed by atoms with van der Waals surface area (Å²) in [5.74, 6) is 0. The van der Waals surface area contributed by atoms with Crippen molar-refractivity contribution < 1.29 is 9.85 Å². The molecule has 0 N–H and O–H groups in total. The molecule has 0 atom stereocenters. The Hall–Kier alpha value is -2.87. The molecule has 122 valence electrons. The fraction of sp³-hybridized carbons (Fsp3) is 0.125. The molecule has 0 fully saturated rings. The quantitative estimate of drug-likeness (QED) is 0.602. The van der Waals surface area contributed by atoms with Gasteiger partial charge in [-0.2, -0.15) is 0 Å². The Morgan fingerprint density at radius 1 is 1.12 bits per heavy atom. The zero-order valence-corrected chi connectivity index (χ0v) is 13.5. The second kappa shape index (κ2) is 6.32. The molecule has 1 aliphatic rings. The van der Waals surface area contributed by atoms with Gasteiger partial charge in [-0.25, -0.2) is 0 Å². The minimum Gasteiger partial charge on any atom is -0.335 e. The van der Waals surface area contributed by atoms with Crippen LogP contribution in [0.3, 0.4) is 0 Å². The van der Waals surface area contributed by atoms with Crippen molar-refractivity contribution in [3.8, 4) is 0 Å². The maximum Gasteiger partial charge on any atom is 0.283 e. The number of hydrogen-bond acceptors (Lipinski definition) is 6. The van der Waals surface area contributed by atoms with Crippen molar-refractivity contribution in [3.63, 3.8) is 0 Å². The molecule has 7 nitrogen and oxygen atoms in total. The monoisotopic (exact) mass is 343 g/mol. The summed E-state index contributed by atoms with van der Waals surface area (Å²) >= 11 is 1.53. The molecular formula is C16H13N3O4S. The summed E-state index contributed by atoms with van der Waals surface area (Å²) in [7, 11) is 0. The number of para-hydroxylation sites is 1. The molecule has 2 aromatic rings. The number of non-ortho nitro benzene ring substituents is 1. The van der Waals surface area contributed by atoms with Gasteiger partial charge < -0.3 is 4.90 Å². The fourth-order valence-electron chi connectivity index (χ4n) is 2.55. The first-order chi connectivity index (χ1) is 11.5. The Morgan fingerprint density at radius 2 is 1.88 bits per heavy atom. The molecule has 3 rings (SSSR count). The van der Waals surface area contributed by atoms with Gasteiger partial charge in [-0.3, -0.25) is 20.2 Å². The number of nitro groups is 2. The number of hydrogen-bond donors (Lipinski definition) is 0. The van der Waals surface area contributed by atoms with Crippen LogP contribution in [0.2, 0.25) is 0 Å². The van der Waals surface area contributed by atoms with Crippen LogP contribution in [0.1, 0.15) is 12.5 Å². The lowest BCUT2D eigenvalue weighted by Crippen LogP contribution is -2.16. The zero-order chi connectivity index (χ0) is 17.3.